The SMILES string of the molecule is CCC[N+]1([O-])C(C)=C(C2CCCN2)N(O)c2ccccc21. The van der Waals surface area contributed by atoms with Crippen molar-refractivity contribution in [2.75, 3.05) is 18.2 Å². The molecule has 0 amide bonds. The summed E-state index contributed by atoms with van der Waals surface area (Å²) >= 11 is 0. The molecule has 1 aromatic rings. The number of allylic oxidation sites excluding steroid dienone is 1. The van der Waals surface area contributed by atoms with Gasteiger partial charge in [0.15, 0.2) is 5.69 Å². The van der Waals surface area contributed by atoms with Crippen LogP contribution < -0.4 is 15.0 Å². The van der Waals surface area contributed by atoms with E-state index >= 15 is 0 Å². The Hall–Kier alpha value is -1.40. The molecule has 0 aliphatic carbocycles. The number of para-hydroxylation sites is 2. The lowest BCUT2D eigenvalue weighted by molar-refractivity contribution is 0.256. The summed E-state index contributed by atoms with van der Waals surface area (Å²) < 4.78 is -0.461. The van der Waals surface area contributed by atoms with Crippen molar-refractivity contribution in [3.63, 3.8) is 0 Å². The van der Waals surface area contributed by atoms with Crippen LogP contribution in [-0.2, 0) is 0 Å². The van der Waals surface area contributed by atoms with Crippen molar-refractivity contribution in [2.24, 2.45) is 0 Å². The van der Waals surface area contributed by atoms with E-state index in [0.717, 1.165) is 31.5 Å². The summed E-state index contributed by atoms with van der Waals surface area (Å²) in [5.74, 6) is 0. The van der Waals surface area contributed by atoms with E-state index in [2.05, 4.69) is 5.32 Å². The van der Waals surface area contributed by atoms with Crippen LogP contribution in [0.4, 0.5) is 11.4 Å². The Kier molecular flexibility index (Phi) is 3.75. The van der Waals surface area contributed by atoms with Gasteiger partial charge in [0.25, 0.3) is 0 Å². The van der Waals surface area contributed by atoms with Gasteiger partial charge < -0.3 is 10.5 Å². The van der Waals surface area contributed by atoms with E-state index in [1.165, 1.54) is 5.06 Å². The first-order valence-electron chi connectivity index (χ1n) is 7.72. The molecule has 1 aromatic carbocycles. The average Bonchev–Trinajstić information content (AvgIpc) is 3.00. The monoisotopic (exact) mass is 289 g/mol. The van der Waals surface area contributed by atoms with E-state index in [1.807, 2.05) is 38.1 Å². The Morgan fingerprint density at radius 3 is 2.86 bits per heavy atom. The Morgan fingerprint density at radius 2 is 2.19 bits per heavy atom. The lowest BCUT2D eigenvalue weighted by atomic mass is 10.0. The van der Waals surface area contributed by atoms with Gasteiger partial charge >= 0.3 is 0 Å². The van der Waals surface area contributed by atoms with Crippen LogP contribution in [0.25, 0.3) is 0 Å². The molecule has 0 saturated carbocycles. The third kappa shape index (κ3) is 2.17. The number of rotatable bonds is 3. The summed E-state index contributed by atoms with van der Waals surface area (Å²) in [7, 11) is 0. The van der Waals surface area contributed by atoms with E-state index < -0.39 is 4.65 Å². The third-order valence-corrected chi connectivity index (χ3v) is 4.57. The van der Waals surface area contributed by atoms with Gasteiger partial charge in [-0.1, -0.05) is 19.1 Å². The van der Waals surface area contributed by atoms with Gasteiger partial charge in [-0.3, -0.25) is 9.85 Å². The highest BCUT2D eigenvalue weighted by Gasteiger charge is 2.40. The van der Waals surface area contributed by atoms with E-state index in [9.17, 15) is 10.4 Å². The summed E-state index contributed by atoms with van der Waals surface area (Å²) in [6.07, 6.45) is 2.83. The number of hydroxylamine groups is 3. The summed E-state index contributed by atoms with van der Waals surface area (Å²) in [4.78, 5) is 0. The molecule has 2 unspecified atom stereocenters. The highest BCUT2D eigenvalue weighted by atomic mass is 16.6. The summed E-state index contributed by atoms with van der Waals surface area (Å²) in [5, 5.41) is 28.8. The minimum absolute atomic E-state index is 0.0617. The molecule has 21 heavy (non-hydrogen) atoms. The predicted octanol–water partition coefficient (Wildman–Crippen LogP) is 3.09. The molecule has 0 bridgehead atoms. The van der Waals surface area contributed by atoms with Crippen LogP contribution in [0.5, 0.6) is 0 Å². The lowest BCUT2D eigenvalue weighted by Crippen LogP contribution is -2.50. The van der Waals surface area contributed by atoms with Crippen molar-refractivity contribution in [2.45, 2.75) is 39.2 Å². The van der Waals surface area contributed by atoms with Crippen LogP contribution in [0.1, 0.15) is 33.1 Å². The van der Waals surface area contributed by atoms with Gasteiger partial charge in [0.1, 0.15) is 17.1 Å². The number of nitrogens with one attached hydrogen (secondary N) is 1. The fourth-order valence-corrected chi connectivity index (χ4v) is 3.52. The number of hydrogen-bond donors (Lipinski definition) is 2. The summed E-state index contributed by atoms with van der Waals surface area (Å²) in [5.41, 5.74) is 2.66. The van der Waals surface area contributed by atoms with E-state index in [4.69, 9.17) is 0 Å². The van der Waals surface area contributed by atoms with Crippen molar-refractivity contribution < 1.29 is 5.21 Å². The van der Waals surface area contributed by atoms with Crippen LogP contribution in [0, 0.1) is 5.21 Å². The minimum Gasteiger partial charge on any atom is -0.622 e. The van der Waals surface area contributed by atoms with E-state index in [-0.39, 0.29) is 6.04 Å². The Morgan fingerprint density at radius 1 is 1.43 bits per heavy atom. The first kappa shape index (κ1) is 14.5. The number of benzene rings is 1. The quantitative estimate of drug-likeness (QED) is 0.663. The van der Waals surface area contributed by atoms with Gasteiger partial charge in [-0.25, -0.2) is 5.06 Å². The highest BCUT2D eigenvalue weighted by Crippen LogP contribution is 2.44. The molecule has 3 rings (SSSR count). The highest BCUT2D eigenvalue weighted by molar-refractivity contribution is 5.75. The zero-order chi connectivity index (χ0) is 15.0. The van der Waals surface area contributed by atoms with Crippen molar-refractivity contribution in [3.8, 4) is 0 Å². The zero-order valence-corrected chi connectivity index (χ0v) is 12.7. The van der Waals surface area contributed by atoms with Gasteiger partial charge in [-0.05, 0) is 31.9 Å². The fourth-order valence-electron chi connectivity index (χ4n) is 3.52. The molecule has 0 radical (unpaired) electrons. The molecule has 2 aliphatic rings. The van der Waals surface area contributed by atoms with Gasteiger partial charge in [0.2, 0.25) is 0 Å². The molecular formula is C16H23N3O2. The number of nitrogens with zero attached hydrogens (tertiary/aromatic N) is 2. The molecule has 0 aromatic heterocycles. The summed E-state index contributed by atoms with van der Waals surface area (Å²) in [6.45, 7) is 5.31. The first-order chi connectivity index (χ1) is 10.1. The molecule has 2 atom stereocenters. The lowest BCUT2D eigenvalue weighted by Gasteiger charge is -2.48. The Balaban J connectivity index is 2.15. The van der Waals surface area contributed by atoms with Gasteiger partial charge in [0, 0.05) is 13.0 Å². The zero-order valence-electron chi connectivity index (χ0n) is 12.7. The van der Waals surface area contributed by atoms with Crippen molar-refractivity contribution in [1.29, 1.82) is 0 Å². The van der Waals surface area contributed by atoms with Crippen LogP contribution in [-0.4, -0.2) is 24.3 Å². The smallest absolute Gasteiger partial charge is 0.164 e. The molecule has 114 valence electrons. The van der Waals surface area contributed by atoms with Crippen molar-refractivity contribution in [1.82, 2.24) is 9.96 Å². The van der Waals surface area contributed by atoms with Crippen LogP contribution in [0.3, 0.4) is 0 Å². The second-order valence-electron chi connectivity index (χ2n) is 5.88. The van der Waals surface area contributed by atoms with E-state index in [0.29, 0.717) is 23.6 Å². The molecule has 1 fully saturated rings. The van der Waals surface area contributed by atoms with Crippen molar-refractivity contribution in [3.05, 3.63) is 40.9 Å². The van der Waals surface area contributed by atoms with Gasteiger partial charge in [-0.15, -0.1) is 0 Å². The maximum atomic E-state index is 13.5. The van der Waals surface area contributed by atoms with Crippen LogP contribution >= 0.6 is 0 Å². The molecule has 1 saturated heterocycles. The second kappa shape index (κ2) is 5.42. The van der Waals surface area contributed by atoms with Crippen molar-refractivity contribution >= 4 is 11.4 Å². The molecule has 2 heterocycles. The number of anilines is 1. The standard InChI is InChI=1S/C16H23N3O2/c1-3-11-19(21)12(2)16(13-7-6-10-17-13)18(20)14-8-4-5-9-15(14)19/h4-5,8-9,13,17,20H,3,6-7,10-11H2,1-2H3. The maximum absolute atomic E-state index is 13.5. The Labute approximate surface area is 125 Å². The largest absolute Gasteiger partial charge is 0.622 e. The molecule has 0 spiro atoms. The normalized spacial score (nSPS) is 29.0. The summed E-state index contributed by atoms with van der Waals surface area (Å²) in [6, 6.07) is 7.42. The predicted molar refractivity (Wildman–Crippen MR) is 84.8 cm³/mol. The Bertz CT molecular complexity index is 566. The van der Waals surface area contributed by atoms with E-state index in [1.54, 1.807) is 0 Å². The number of quaternary nitrogens is 1. The number of hydrogen-bond acceptors (Lipinski definition) is 4. The fraction of sp³-hybridized carbons (Fsp3) is 0.500. The van der Waals surface area contributed by atoms with Gasteiger partial charge in [-0.2, -0.15) is 0 Å². The van der Waals surface area contributed by atoms with Crippen LogP contribution in [0.2, 0.25) is 0 Å². The first-order valence-corrected chi connectivity index (χ1v) is 7.72. The molecule has 5 heteroatoms. The average molecular weight is 289 g/mol. The third-order valence-electron chi connectivity index (χ3n) is 4.57. The van der Waals surface area contributed by atoms with Crippen LogP contribution in [0.15, 0.2) is 35.7 Å². The minimum atomic E-state index is -0.461. The molecular weight excluding hydrogens is 266 g/mol. The van der Waals surface area contributed by atoms with Gasteiger partial charge in [0.05, 0.1) is 12.6 Å². The molecule has 2 aliphatic heterocycles. The second-order valence-corrected chi connectivity index (χ2v) is 5.88. The molecule has 5 nitrogen and oxygen atoms in total. The topological polar surface area (TPSA) is 58.6 Å². The molecule has 2 N–H and O–H groups in total. The maximum Gasteiger partial charge on any atom is 0.164 e. The number of fused-ring (bicyclic) bond motifs is 1.